The Kier molecular flexibility index (Phi) is 6.24. The van der Waals surface area contributed by atoms with E-state index in [2.05, 4.69) is 29.4 Å². The van der Waals surface area contributed by atoms with E-state index >= 15 is 0 Å². The Labute approximate surface area is 161 Å². The van der Waals surface area contributed by atoms with Crippen LogP contribution in [-0.2, 0) is 9.59 Å². The van der Waals surface area contributed by atoms with Crippen LogP contribution in [0, 0.1) is 0 Å². The smallest absolute Gasteiger partial charge is 0.225 e. The van der Waals surface area contributed by atoms with E-state index in [0.717, 1.165) is 24.2 Å². The van der Waals surface area contributed by atoms with Gasteiger partial charge in [-0.1, -0.05) is 60.7 Å². The molecule has 3 rings (SSSR count). The summed E-state index contributed by atoms with van der Waals surface area (Å²) in [5, 5.41) is 2.93. The fourth-order valence-electron chi connectivity index (χ4n) is 3.65. The molecule has 2 aromatic carbocycles. The van der Waals surface area contributed by atoms with Gasteiger partial charge in [0.25, 0.3) is 0 Å². The molecule has 142 valence electrons. The molecule has 0 aromatic heterocycles. The summed E-state index contributed by atoms with van der Waals surface area (Å²) >= 11 is 0. The molecule has 5 nitrogen and oxygen atoms in total. The molecule has 2 amide bonds. The number of likely N-dealkylation sites (N-methyl/N-ethyl adjacent to an activating group) is 1. The molecule has 1 heterocycles. The Balaban J connectivity index is 1.80. The summed E-state index contributed by atoms with van der Waals surface area (Å²) in [4.78, 5) is 29.1. The highest BCUT2D eigenvalue weighted by atomic mass is 16.2. The number of benzene rings is 2. The van der Waals surface area contributed by atoms with Gasteiger partial charge in [-0.15, -0.1) is 0 Å². The molecule has 0 saturated carbocycles. The zero-order valence-corrected chi connectivity index (χ0v) is 16.0. The van der Waals surface area contributed by atoms with E-state index in [-0.39, 0.29) is 30.3 Å². The minimum Gasteiger partial charge on any atom is -0.349 e. The summed E-state index contributed by atoms with van der Waals surface area (Å²) in [6, 6.07) is 19.6. The van der Waals surface area contributed by atoms with Gasteiger partial charge in [-0.2, -0.15) is 0 Å². The lowest BCUT2D eigenvalue weighted by Gasteiger charge is -2.41. The first-order chi connectivity index (χ1) is 13.0. The summed E-state index contributed by atoms with van der Waals surface area (Å²) in [7, 11) is 2.09. The van der Waals surface area contributed by atoms with E-state index in [0.29, 0.717) is 6.54 Å². The predicted molar refractivity (Wildman–Crippen MR) is 106 cm³/mol. The number of carbonyl (C=O) groups excluding carboxylic acids is 2. The topological polar surface area (TPSA) is 52.7 Å². The Morgan fingerprint density at radius 1 is 1.04 bits per heavy atom. The van der Waals surface area contributed by atoms with Crippen molar-refractivity contribution in [2.24, 2.45) is 0 Å². The molecular weight excluding hydrogens is 338 g/mol. The minimum atomic E-state index is -0.313. The van der Waals surface area contributed by atoms with Crippen molar-refractivity contribution in [1.82, 2.24) is 15.1 Å². The monoisotopic (exact) mass is 365 g/mol. The van der Waals surface area contributed by atoms with Crippen LogP contribution in [0.3, 0.4) is 0 Å². The van der Waals surface area contributed by atoms with Crippen molar-refractivity contribution in [2.75, 3.05) is 26.7 Å². The van der Waals surface area contributed by atoms with E-state index in [1.54, 1.807) is 0 Å². The fraction of sp³-hybridized carbons (Fsp3) is 0.364. The maximum absolute atomic E-state index is 13.2. The van der Waals surface area contributed by atoms with Crippen molar-refractivity contribution in [3.8, 4) is 0 Å². The highest BCUT2D eigenvalue weighted by Gasteiger charge is 2.31. The van der Waals surface area contributed by atoms with Gasteiger partial charge in [-0.25, -0.2) is 0 Å². The van der Waals surface area contributed by atoms with Gasteiger partial charge in [0.2, 0.25) is 11.8 Å². The first-order valence-electron chi connectivity index (χ1n) is 9.39. The van der Waals surface area contributed by atoms with Crippen LogP contribution in [0.5, 0.6) is 0 Å². The predicted octanol–water partition coefficient (Wildman–Crippen LogP) is 2.77. The standard InChI is InChI=1S/C22H27N3O2/c1-17(26)23-20(18-9-5-3-6-10-18)15-22(27)25-14-13-24(2)16-21(25)19-11-7-4-8-12-19/h3-12,20-21H,13-16H2,1-2H3,(H,23,26)/t20-,21-/m1/s1. The number of hydrogen-bond donors (Lipinski definition) is 1. The molecule has 1 saturated heterocycles. The average Bonchev–Trinajstić information content (AvgIpc) is 2.68. The van der Waals surface area contributed by atoms with Crippen LogP contribution < -0.4 is 5.32 Å². The van der Waals surface area contributed by atoms with Gasteiger partial charge in [0, 0.05) is 26.6 Å². The molecule has 0 aliphatic carbocycles. The summed E-state index contributed by atoms with van der Waals surface area (Å²) in [5.41, 5.74) is 2.10. The molecule has 5 heteroatoms. The number of amides is 2. The van der Waals surface area contributed by atoms with Crippen LogP contribution in [0.4, 0.5) is 0 Å². The van der Waals surface area contributed by atoms with Gasteiger partial charge >= 0.3 is 0 Å². The van der Waals surface area contributed by atoms with Gasteiger partial charge in [0.05, 0.1) is 18.5 Å². The molecule has 1 aliphatic heterocycles. The van der Waals surface area contributed by atoms with Crippen LogP contribution >= 0.6 is 0 Å². The Morgan fingerprint density at radius 2 is 1.67 bits per heavy atom. The Hall–Kier alpha value is -2.66. The molecule has 0 bridgehead atoms. The zero-order valence-electron chi connectivity index (χ0n) is 16.0. The molecule has 0 radical (unpaired) electrons. The largest absolute Gasteiger partial charge is 0.349 e. The second-order valence-corrected chi connectivity index (χ2v) is 7.14. The lowest BCUT2D eigenvalue weighted by Crippen LogP contribution is -2.50. The van der Waals surface area contributed by atoms with Crippen molar-refractivity contribution >= 4 is 11.8 Å². The third-order valence-corrected chi connectivity index (χ3v) is 5.05. The molecule has 27 heavy (non-hydrogen) atoms. The second kappa shape index (κ2) is 8.82. The van der Waals surface area contributed by atoms with Gasteiger partial charge in [-0.05, 0) is 18.2 Å². The Morgan fingerprint density at radius 3 is 2.30 bits per heavy atom. The van der Waals surface area contributed by atoms with Crippen molar-refractivity contribution in [3.05, 3.63) is 71.8 Å². The lowest BCUT2D eigenvalue weighted by molar-refractivity contribution is -0.137. The minimum absolute atomic E-state index is 0.0335. The average molecular weight is 365 g/mol. The molecule has 0 unspecified atom stereocenters. The molecule has 1 N–H and O–H groups in total. The van der Waals surface area contributed by atoms with Crippen molar-refractivity contribution < 1.29 is 9.59 Å². The van der Waals surface area contributed by atoms with E-state index in [9.17, 15) is 9.59 Å². The SMILES string of the molecule is CC(=O)N[C@H](CC(=O)N1CCN(C)C[C@@H]1c1ccccc1)c1ccccc1. The van der Waals surface area contributed by atoms with Crippen LogP contribution in [0.25, 0.3) is 0 Å². The first kappa shape index (κ1) is 19.1. The highest BCUT2D eigenvalue weighted by Crippen LogP contribution is 2.27. The molecule has 1 aliphatic rings. The summed E-state index contributed by atoms with van der Waals surface area (Å²) < 4.78 is 0. The normalized spacial score (nSPS) is 18.7. The third kappa shape index (κ3) is 4.95. The van der Waals surface area contributed by atoms with Crippen molar-refractivity contribution in [3.63, 3.8) is 0 Å². The van der Waals surface area contributed by atoms with Crippen LogP contribution in [0.2, 0.25) is 0 Å². The van der Waals surface area contributed by atoms with Crippen LogP contribution in [-0.4, -0.2) is 48.3 Å². The molecule has 0 spiro atoms. The van der Waals surface area contributed by atoms with Crippen LogP contribution in [0.1, 0.15) is 36.6 Å². The van der Waals surface area contributed by atoms with E-state index in [1.807, 2.05) is 53.4 Å². The van der Waals surface area contributed by atoms with Crippen LogP contribution in [0.15, 0.2) is 60.7 Å². The van der Waals surface area contributed by atoms with E-state index in [4.69, 9.17) is 0 Å². The van der Waals surface area contributed by atoms with Crippen molar-refractivity contribution in [2.45, 2.75) is 25.4 Å². The quantitative estimate of drug-likeness (QED) is 0.886. The maximum Gasteiger partial charge on any atom is 0.225 e. The number of piperazine rings is 1. The number of carbonyl (C=O) groups is 2. The number of nitrogens with zero attached hydrogens (tertiary/aromatic N) is 2. The summed E-state index contributed by atoms with van der Waals surface area (Å²) in [5.74, 6) is -0.0609. The van der Waals surface area contributed by atoms with E-state index < -0.39 is 0 Å². The lowest BCUT2D eigenvalue weighted by atomic mass is 9.99. The molecular formula is C22H27N3O2. The number of nitrogens with one attached hydrogen (secondary N) is 1. The number of hydrogen-bond acceptors (Lipinski definition) is 3. The third-order valence-electron chi connectivity index (χ3n) is 5.05. The second-order valence-electron chi connectivity index (χ2n) is 7.14. The fourth-order valence-corrected chi connectivity index (χ4v) is 3.65. The zero-order chi connectivity index (χ0) is 19.2. The van der Waals surface area contributed by atoms with Gasteiger partial charge in [0.15, 0.2) is 0 Å². The van der Waals surface area contributed by atoms with Gasteiger partial charge in [-0.3, -0.25) is 9.59 Å². The Bertz CT molecular complexity index is 764. The van der Waals surface area contributed by atoms with Gasteiger partial charge < -0.3 is 15.1 Å². The maximum atomic E-state index is 13.2. The first-order valence-corrected chi connectivity index (χ1v) is 9.39. The summed E-state index contributed by atoms with van der Waals surface area (Å²) in [6.45, 7) is 3.84. The molecule has 2 atom stereocenters. The molecule has 2 aromatic rings. The van der Waals surface area contributed by atoms with E-state index in [1.165, 1.54) is 6.92 Å². The van der Waals surface area contributed by atoms with Gasteiger partial charge in [0.1, 0.15) is 0 Å². The highest BCUT2D eigenvalue weighted by molar-refractivity contribution is 5.79. The number of rotatable bonds is 5. The van der Waals surface area contributed by atoms with Crippen molar-refractivity contribution in [1.29, 1.82) is 0 Å². The summed E-state index contributed by atoms with van der Waals surface area (Å²) in [6.07, 6.45) is 0.261. The molecule has 1 fully saturated rings.